The van der Waals surface area contributed by atoms with Crippen LogP contribution in [0.25, 0.3) is 5.69 Å². The van der Waals surface area contributed by atoms with E-state index in [1.807, 2.05) is 6.07 Å². The van der Waals surface area contributed by atoms with E-state index in [0.717, 1.165) is 37.4 Å². The van der Waals surface area contributed by atoms with Gasteiger partial charge >= 0.3 is 0 Å². The van der Waals surface area contributed by atoms with Gasteiger partial charge < -0.3 is 17.1 Å². The second-order valence-corrected chi connectivity index (χ2v) is 7.83. The molecule has 29 heavy (non-hydrogen) atoms. The summed E-state index contributed by atoms with van der Waals surface area (Å²) in [7, 11) is 0. The average molecular weight is 413 g/mol. The van der Waals surface area contributed by atoms with Crippen LogP contribution in [0.3, 0.4) is 0 Å². The Kier molecular flexibility index (Phi) is 7.92. The fourth-order valence-electron chi connectivity index (χ4n) is 3.83. The molecule has 0 spiro atoms. The molecule has 0 atom stereocenters. The minimum Gasteiger partial charge on any atom is -1.00 e. The van der Waals surface area contributed by atoms with Crippen LogP contribution in [0.4, 0.5) is 0 Å². The number of nitrogens with zero attached hydrogens (tertiary/aromatic N) is 2. The van der Waals surface area contributed by atoms with Gasteiger partial charge in [0.15, 0.2) is 11.4 Å². The predicted octanol–water partition coefficient (Wildman–Crippen LogP) is 2.54. The van der Waals surface area contributed by atoms with E-state index in [-0.39, 0.29) is 12.4 Å². The maximum Gasteiger partial charge on any atom is 0.249 e. The van der Waals surface area contributed by atoms with Crippen molar-refractivity contribution in [2.24, 2.45) is 0 Å². The van der Waals surface area contributed by atoms with E-state index < -0.39 is 0 Å². The first-order valence-electron chi connectivity index (χ1n) is 10.3. The van der Waals surface area contributed by atoms with Crippen molar-refractivity contribution in [1.82, 2.24) is 4.57 Å². The summed E-state index contributed by atoms with van der Waals surface area (Å²) in [5.74, 6) is 0.948. The largest absolute Gasteiger partial charge is 1.00 e. The minimum absolute atomic E-state index is 0. The Morgan fingerprint density at radius 2 is 1.62 bits per heavy atom. The molecule has 156 valence electrons. The van der Waals surface area contributed by atoms with Gasteiger partial charge in [0.25, 0.3) is 0 Å². The minimum atomic E-state index is 0. The zero-order chi connectivity index (χ0) is 20.3. The monoisotopic (exact) mass is 412 g/mol. The Bertz CT molecular complexity index is 952. The van der Waals surface area contributed by atoms with E-state index in [0.29, 0.717) is 0 Å². The number of rotatable bonds is 7. The third kappa shape index (κ3) is 5.02. The molecule has 2 aromatic carbocycles. The second-order valence-electron chi connectivity index (χ2n) is 7.83. The second kappa shape index (κ2) is 9.98. The fourth-order valence-corrected chi connectivity index (χ4v) is 3.83. The van der Waals surface area contributed by atoms with E-state index in [1.54, 1.807) is 0 Å². The van der Waals surface area contributed by atoms with Crippen LogP contribution in [0, 0.1) is 34.6 Å². The van der Waals surface area contributed by atoms with E-state index in [4.69, 9.17) is 4.74 Å². The summed E-state index contributed by atoms with van der Waals surface area (Å²) in [6.45, 7) is 14.8. The molecule has 0 aliphatic rings. The van der Waals surface area contributed by atoms with Gasteiger partial charge in [-0.2, -0.15) is 4.57 Å². The number of ether oxygens (including phenoxy) is 1. The van der Waals surface area contributed by atoms with Gasteiger partial charge in [-0.15, -0.1) is 0 Å². The van der Waals surface area contributed by atoms with Crippen molar-refractivity contribution in [2.75, 3.05) is 6.61 Å². The summed E-state index contributed by atoms with van der Waals surface area (Å²) in [6.07, 6.45) is 4.43. The number of aryl methyl sites for hydroxylation is 3. The molecule has 0 bridgehead atoms. The molecule has 1 heterocycles. The van der Waals surface area contributed by atoms with Gasteiger partial charge in [-0.3, -0.25) is 0 Å². The number of para-hydroxylation sites is 2. The van der Waals surface area contributed by atoms with E-state index >= 15 is 0 Å². The molecule has 3 nitrogen and oxygen atoms in total. The number of halogens is 1. The molecule has 3 rings (SSSR count). The zero-order valence-corrected chi connectivity index (χ0v) is 19.3. The van der Waals surface area contributed by atoms with Crippen molar-refractivity contribution in [1.29, 1.82) is 0 Å². The number of aromatic nitrogens is 2. The number of hydrogen-bond acceptors (Lipinski definition) is 1. The van der Waals surface area contributed by atoms with Gasteiger partial charge in [0, 0.05) is 13.8 Å². The molecule has 0 aliphatic heterocycles. The third-order valence-electron chi connectivity index (χ3n) is 5.62. The molecule has 0 aliphatic carbocycles. The molecular weight excluding hydrogens is 380 g/mol. The van der Waals surface area contributed by atoms with Crippen molar-refractivity contribution >= 4 is 0 Å². The lowest BCUT2D eigenvalue weighted by molar-refractivity contribution is -0.693. The molecule has 1 aromatic heterocycles. The van der Waals surface area contributed by atoms with Gasteiger partial charge in [0.05, 0.1) is 6.61 Å². The Morgan fingerprint density at radius 3 is 2.28 bits per heavy atom. The zero-order valence-electron chi connectivity index (χ0n) is 18.6. The molecular formula is C25H33ClN2O. The van der Waals surface area contributed by atoms with E-state index in [2.05, 4.69) is 87.3 Å². The van der Waals surface area contributed by atoms with Crippen LogP contribution >= 0.6 is 0 Å². The highest BCUT2D eigenvalue weighted by molar-refractivity contribution is 5.47. The smallest absolute Gasteiger partial charge is 0.249 e. The van der Waals surface area contributed by atoms with Crippen LogP contribution in [-0.2, 0) is 6.54 Å². The van der Waals surface area contributed by atoms with Gasteiger partial charge in [0.2, 0.25) is 6.33 Å². The van der Waals surface area contributed by atoms with Crippen molar-refractivity contribution in [3.63, 3.8) is 0 Å². The highest BCUT2D eigenvalue weighted by Gasteiger charge is 2.21. The molecule has 0 saturated heterocycles. The molecule has 0 unspecified atom stereocenters. The molecule has 3 aromatic rings. The molecule has 4 heteroatoms. The van der Waals surface area contributed by atoms with Crippen LogP contribution in [0.15, 0.2) is 42.7 Å². The lowest BCUT2D eigenvalue weighted by Gasteiger charge is -2.10. The van der Waals surface area contributed by atoms with Crippen molar-refractivity contribution in [3.05, 3.63) is 76.4 Å². The molecule has 0 saturated carbocycles. The SMILES string of the molecule is CCCCOc1ccccc1-n1c[n+](Cc2c(C)cc(C)cc2C)c(C)c1C.[Cl-]. The van der Waals surface area contributed by atoms with Gasteiger partial charge in [0.1, 0.15) is 17.9 Å². The van der Waals surface area contributed by atoms with Crippen molar-refractivity contribution < 1.29 is 21.7 Å². The normalized spacial score (nSPS) is 10.7. The predicted molar refractivity (Wildman–Crippen MR) is 116 cm³/mol. The highest BCUT2D eigenvalue weighted by Crippen LogP contribution is 2.25. The first-order chi connectivity index (χ1) is 13.4. The van der Waals surface area contributed by atoms with Gasteiger partial charge in [-0.05, 0) is 56.0 Å². The average Bonchev–Trinajstić information content (AvgIpc) is 2.93. The van der Waals surface area contributed by atoms with E-state index in [9.17, 15) is 0 Å². The van der Waals surface area contributed by atoms with Gasteiger partial charge in [-0.1, -0.05) is 43.2 Å². The summed E-state index contributed by atoms with van der Waals surface area (Å²) in [5, 5.41) is 0. The maximum atomic E-state index is 6.08. The number of hydrogen-bond donors (Lipinski definition) is 0. The topological polar surface area (TPSA) is 18.0 Å². The maximum absolute atomic E-state index is 6.08. The third-order valence-corrected chi connectivity index (χ3v) is 5.62. The summed E-state index contributed by atoms with van der Waals surface area (Å²) >= 11 is 0. The summed E-state index contributed by atoms with van der Waals surface area (Å²) in [5.41, 5.74) is 9.08. The standard InChI is InChI=1S/C25H33N2O.ClH/c1-7-8-13-28-25-12-10-9-11-24(25)27-17-26(21(5)22(27)6)16-23-19(3)14-18(2)15-20(23)4;/h9-12,14-15,17H,7-8,13,16H2,1-6H3;1H/q+1;/p-1. The fraction of sp³-hybridized carbons (Fsp3) is 0.400. The lowest BCUT2D eigenvalue weighted by atomic mass is 10.00. The Labute approximate surface area is 181 Å². The highest BCUT2D eigenvalue weighted by atomic mass is 35.5. The van der Waals surface area contributed by atoms with Crippen molar-refractivity contribution in [3.8, 4) is 11.4 Å². The molecule has 0 N–H and O–H groups in total. The Morgan fingerprint density at radius 1 is 0.966 bits per heavy atom. The summed E-state index contributed by atoms with van der Waals surface area (Å²) in [4.78, 5) is 0. The van der Waals surface area contributed by atoms with Crippen LogP contribution < -0.4 is 21.7 Å². The first kappa shape index (κ1) is 23.0. The number of unbranched alkanes of at least 4 members (excludes halogenated alkanes) is 1. The number of imidazole rings is 1. The van der Waals surface area contributed by atoms with Gasteiger partial charge in [-0.25, -0.2) is 4.57 Å². The van der Waals surface area contributed by atoms with Crippen LogP contribution in [-0.4, -0.2) is 11.2 Å². The summed E-state index contributed by atoms with van der Waals surface area (Å²) < 4.78 is 10.7. The van der Waals surface area contributed by atoms with Crippen LogP contribution in [0.1, 0.15) is 53.4 Å². The first-order valence-corrected chi connectivity index (χ1v) is 10.3. The Hall–Kier alpha value is -2.26. The lowest BCUT2D eigenvalue weighted by Crippen LogP contribution is -3.00. The Balaban J connectivity index is 0.00000300. The quantitative estimate of drug-likeness (QED) is 0.431. The molecule has 0 radical (unpaired) electrons. The van der Waals surface area contributed by atoms with Crippen molar-refractivity contribution in [2.45, 2.75) is 60.9 Å². The van der Waals surface area contributed by atoms with Crippen LogP contribution in [0.5, 0.6) is 5.75 Å². The molecule has 0 fully saturated rings. The summed E-state index contributed by atoms with van der Waals surface area (Å²) in [6, 6.07) is 12.9. The van der Waals surface area contributed by atoms with Crippen LogP contribution in [0.2, 0.25) is 0 Å². The number of benzene rings is 2. The molecule has 0 amide bonds. The van der Waals surface area contributed by atoms with E-state index in [1.165, 1.54) is 33.6 Å².